The van der Waals surface area contributed by atoms with Crippen LogP contribution in [0, 0.1) is 5.41 Å². The van der Waals surface area contributed by atoms with Gasteiger partial charge in [0.25, 0.3) is 0 Å². The van der Waals surface area contributed by atoms with Crippen LogP contribution >= 0.6 is 0 Å². The van der Waals surface area contributed by atoms with E-state index in [9.17, 15) is 9.59 Å². The molecule has 0 aromatic heterocycles. The maximum Gasteiger partial charge on any atom is 0.335 e. The van der Waals surface area contributed by atoms with E-state index in [4.69, 9.17) is 15.3 Å². The molecule has 6 heteroatoms. The third-order valence-corrected chi connectivity index (χ3v) is 2.06. The number of carboxylic acid groups (broad SMARTS) is 1. The number of rotatable bonds is 5. The van der Waals surface area contributed by atoms with Crippen molar-refractivity contribution in [1.29, 1.82) is 5.41 Å². The standard InChI is InChI=1S/C12H14N2O4/c1-2-18-10(13)7-11(15)14-9-5-3-8(4-6-9)12(16)17/h3-6,13H,2,7H2,1H3,(H,14,15)(H,16,17). The zero-order valence-electron chi connectivity index (χ0n) is 9.90. The van der Waals surface area contributed by atoms with Crippen LogP contribution in [0.5, 0.6) is 0 Å². The van der Waals surface area contributed by atoms with Crippen molar-refractivity contribution in [2.45, 2.75) is 13.3 Å². The van der Waals surface area contributed by atoms with E-state index in [0.29, 0.717) is 12.3 Å². The summed E-state index contributed by atoms with van der Waals surface area (Å²) < 4.78 is 4.85. The fourth-order valence-electron chi connectivity index (χ4n) is 1.27. The summed E-state index contributed by atoms with van der Waals surface area (Å²) in [5.41, 5.74) is 0.629. The number of carbonyl (C=O) groups is 2. The lowest BCUT2D eigenvalue weighted by Crippen LogP contribution is -2.17. The van der Waals surface area contributed by atoms with Crippen LogP contribution in [0.2, 0.25) is 0 Å². The molecule has 0 aliphatic rings. The summed E-state index contributed by atoms with van der Waals surface area (Å²) in [5, 5.41) is 18.6. The molecule has 0 heterocycles. The van der Waals surface area contributed by atoms with Crippen molar-refractivity contribution in [1.82, 2.24) is 0 Å². The molecule has 0 saturated heterocycles. The van der Waals surface area contributed by atoms with Crippen molar-refractivity contribution in [3.63, 3.8) is 0 Å². The second-order valence-corrected chi connectivity index (χ2v) is 3.46. The highest BCUT2D eigenvalue weighted by Crippen LogP contribution is 2.10. The van der Waals surface area contributed by atoms with Crippen molar-refractivity contribution in [2.75, 3.05) is 11.9 Å². The highest BCUT2D eigenvalue weighted by molar-refractivity contribution is 6.02. The average Bonchev–Trinajstić information content (AvgIpc) is 2.29. The van der Waals surface area contributed by atoms with Crippen LogP contribution in [0.25, 0.3) is 0 Å². The Morgan fingerprint density at radius 2 is 1.94 bits per heavy atom. The summed E-state index contributed by atoms with van der Waals surface area (Å²) in [6, 6.07) is 5.77. The van der Waals surface area contributed by atoms with Gasteiger partial charge in [-0.15, -0.1) is 0 Å². The van der Waals surface area contributed by atoms with Gasteiger partial charge in [0, 0.05) is 5.69 Å². The van der Waals surface area contributed by atoms with Gasteiger partial charge in [-0.2, -0.15) is 0 Å². The molecule has 1 aromatic carbocycles. The molecule has 96 valence electrons. The fraction of sp³-hybridized carbons (Fsp3) is 0.250. The summed E-state index contributed by atoms with van der Waals surface area (Å²) >= 11 is 0. The van der Waals surface area contributed by atoms with Gasteiger partial charge < -0.3 is 15.2 Å². The summed E-state index contributed by atoms with van der Waals surface area (Å²) in [6.45, 7) is 2.08. The number of amides is 1. The third-order valence-electron chi connectivity index (χ3n) is 2.06. The van der Waals surface area contributed by atoms with Gasteiger partial charge in [-0.3, -0.25) is 10.2 Å². The Kier molecular flexibility index (Phi) is 4.86. The summed E-state index contributed by atoms with van der Waals surface area (Å²) in [7, 11) is 0. The Morgan fingerprint density at radius 1 is 1.33 bits per heavy atom. The Morgan fingerprint density at radius 3 is 2.44 bits per heavy atom. The van der Waals surface area contributed by atoms with E-state index in [0.717, 1.165) is 0 Å². The number of benzene rings is 1. The van der Waals surface area contributed by atoms with Crippen LogP contribution in [0.15, 0.2) is 24.3 Å². The molecule has 0 unspecified atom stereocenters. The number of hydrogen-bond acceptors (Lipinski definition) is 4. The smallest absolute Gasteiger partial charge is 0.335 e. The molecule has 18 heavy (non-hydrogen) atoms. The Hall–Kier alpha value is -2.37. The number of hydrogen-bond donors (Lipinski definition) is 3. The Balaban J connectivity index is 2.54. The van der Waals surface area contributed by atoms with E-state index in [2.05, 4.69) is 5.32 Å². The predicted molar refractivity (Wildman–Crippen MR) is 66.0 cm³/mol. The minimum atomic E-state index is -1.02. The van der Waals surface area contributed by atoms with Gasteiger partial charge in [-0.05, 0) is 31.2 Å². The number of nitrogens with one attached hydrogen (secondary N) is 2. The largest absolute Gasteiger partial charge is 0.481 e. The summed E-state index contributed by atoms with van der Waals surface area (Å²) in [4.78, 5) is 22.1. The zero-order chi connectivity index (χ0) is 13.5. The molecule has 0 atom stereocenters. The minimum absolute atomic E-state index is 0.0999. The van der Waals surface area contributed by atoms with E-state index in [1.807, 2.05) is 0 Å². The van der Waals surface area contributed by atoms with Crippen LogP contribution < -0.4 is 5.32 Å². The number of aromatic carboxylic acids is 1. The van der Waals surface area contributed by atoms with Gasteiger partial charge in [0.05, 0.1) is 12.2 Å². The van der Waals surface area contributed by atoms with Gasteiger partial charge in [-0.25, -0.2) is 4.79 Å². The first kappa shape index (κ1) is 13.7. The van der Waals surface area contributed by atoms with Crippen LogP contribution in [-0.2, 0) is 9.53 Å². The normalized spacial score (nSPS) is 9.61. The second kappa shape index (κ2) is 6.39. The topological polar surface area (TPSA) is 99.5 Å². The summed E-state index contributed by atoms with van der Waals surface area (Å²) in [6.07, 6.45) is -0.144. The van der Waals surface area contributed by atoms with Crippen molar-refractivity contribution < 1.29 is 19.4 Å². The maximum atomic E-state index is 11.5. The number of anilines is 1. The number of carbonyl (C=O) groups excluding carboxylic acids is 1. The first-order chi connectivity index (χ1) is 8.52. The zero-order valence-corrected chi connectivity index (χ0v) is 9.90. The molecular weight excluding hydrogens is 236 g/mol. The second-order valence-electron chi connectivity index (χ2n) is 3.46. The average molecular weight is 250 g/mol. The van der Waals surface area contributed by atoms with Crippen LogP contribution in [0.4, 0.5) is 5.69 Å². The molecule has 3 N–H and O–H groups in total. The van der Waals surface area contributed by atoms with Gasteiger partial charge in [0.1, 0.15) is 6.42 Å². The third kappa shape index (κ3) is 4.25. The van der Waals surface area contributed by atoms with E-state index >= 15 is 0 Å². The van der Waals surface area contributed by atoms with E-state index in [-0.39, 0.29) is 23.8 Å². The molecular formula is C12H14N2O4. The molecule has 0 radical (unpaired) electrons. The summed E-state index contributed by atoms with van der Waals surface area (Å²) in [5.74, 6) is -1.50. The molecule has 0 fully saturated rings. The SMILES string of the molecule is CCOC(=N)CC(=O)Nc1ccc(C(=O)O)cc1. The monoisotopic (exact) mass is 250 g/mol. The van der Waals surface area contributed by atoms with E-state index in [1.54, 1.807) is 6.92 Å². The minimum Gasteiger partial charge on any atom is -0.481 e. The maximum absolute atomic E-state index is 11.5. The quantitative estimate of drug-likeness (QED) is 0.547. The first-order valence-electron chi connectivity index (χ1n) is 5.36. The molecule has 0 bridgehead atoms. The molecule has 1 aromatic rings. The van der Waals surface area contributed by atoms with Crippen molar-refractivity contribution >= 4 is 23.5 Å². The van der Waals surface area contributed by atoms with Gasteiger partial charge in [0.15, 0.2) is 5.90 Å². The van der Waals surface area contributed by atoms with Gasteiger partial charge in [0.2, 0.25) is 5.91 Å². The first-order valence-corrected chi connectivity index (χ1v) is 5.36. The number of carboxylic acids is 1. The Bertz CT molecular complexity index is 454. The van der Waals surface area contributed by atoms with Crippen LogP contribution in [0.1, 0.15) is 23.7 Å². The molecule has 0 spiro atoms. The predicted octanol–water partition coefficient (Wildman–Crippen LogP) is 1.73. The van der Waals surface area contributed by atoms with Gasteiger partial charge in [-0.1, -0.05) is 0 Å². The molecule has 1 amide bonds. The fourth-order valence-corrected chi connectivity index (χ4v) is 1.27. The van der Waals surface area contributed by atoms with Crippen LogP contribution in [-0.4, -0.2) is 29.5 Å². The molecule has 0 aliphatic carbocycles. The van der Waals surface area contributed by atoms with E-state index in [1.165, 1.54) is 24.3 Å². The number of ether oxygens (including phenoxy) is 1. The van der Waals surface area contributed by atoms with E-state index < -0.39 is 5.97 Å². The molecule has 1 rings (SSSR count). The lowest BCUT2D eigenvalue weighted by atomic mass is 10.2. The van der Waals surface area contributed by atoms with Crippen molar-refractivity contribution in [2.24, 2.45) is 0 Å². The van der Waals surface area contributed by atoms with Crippen molar-refractivity contribution in [3.8, 4) is 0 Å². The lowest BCUT2D eigenvalue weighted by Gasteiger charge is -2.06. The lowest BCUT2D eigenvalue weighted by molar-refractivity contribution is -0.115. The van der Waals surface area contributed by atoms with Gasteiger partial charge >= 0.3 is 5.97 Å². The molecule has 6 nitrogen and oxygen atoms in total. The van der Waals surface area contributed by atoms with Crippen molar-refractivity contribution in [3.05, 3.63) is 29.8 Å². The highest BCUT2D eigenvalue weighted by atomic mass is 16.5. The Labute approximate surface area is 104 Å². The molecule has 0 saturated carbocycles. The molecule has 0 aliphatic heterocycles. The van der Waals surface area contributed by atoms with Crippen LogP contribution in [0.3, 0.4) is 0 Å². The highest BCUT2D eigenvalue weighted by Gasteiger charge is 2.08.